The van der Waals surface area contributed by atoms with Crippen molar-refractivity contribution in [3.63, 3.8) is 0 Å². The van der Waals surface area contributed by atoms with E-state index in [2.05, 4.69) is 19.2 Å². The van der Waals surface area contributed by atoms with Gasteiger partial charge in [0.15, 0.2) is 9.84 Å². The van der Waals surface area contributed by atoms with Gasteiger partial charge in [-0.2, -0.15) is 0 Å². The zero-order valence-electron chi connectivity index (χ0n) is 8.41. The van der Waals surface area contributed by atoms with Gasteiger partial charge in [-0.3, -0.25) is 0 Å². The zero-order chi connectivity index (χ0) is 9.90. The molecule has 0 saturated carbocycles. The smallest absolute Gasteiger partial charge is 0.151 e. The first-order chi connectivity index (χ1) is 6.03. The Morgan fingerprint density at radius 2 is 2.23 bits per heavy atom. The van der Waals surface area contributed by atoms with Gasteiger partial charge in [0.05, 0.1) is 11.5 Å². The average molecular weight is 205 g/mol. The molecule has 3 nitrogen and oxygen atoms in total. The molecule has 1 N–H and O–H groups in total. The van der Waals surface area contributed by atoms with Crippen molar-refractivity contribution in [3.8, 4) is 0 Å². The van der Waals surface area contributed by atoms with Crippen LogP contribution in [0.5, 0.6) is 0 Å². The fourth-order valence-corrected chi connectivity index (χ4v) is 3.32. The molecule has 4 heteroatoms. The van der Waals surface area contributed by atoms with Crippen LogP contribution in [0.1, 0.15) is 33.1 Å². The van der Waals surface area contributed by atoms with E-state index in [0.29, 0.717) is 17.5 Å². The summed E-state index contributed by atoms with van der Waals surface area (Å²) in [5.74, 6) is 0.711. The van der Waals surface area contributed by atoms with Crippen molar-refractivity contribution >= 4 is 9.84 Å². The molecule has 2 atom stereocenters. The Bertz CT molecular complexity index is 248. The average Bonchev–Trinajstić information content (AvgIpc) is 2.02. The molecule has 0 aromatic carbocycles. The fraction of sp³-hybridized carbons (Fsp3) is 1.00. The second-order valence-electron chi connectivity index (χ2n) is 3.93. The minimum atomic E-state index is -2.75. The van der Waals surface area contributed by atoms with Crippen molar-refractivity contribution in [2.45, 2.75) is 45.2 Å². The number of sulfone groups is 1. The monoisotopic (exact) mass is 205 g/mol. The number of hydrogen-bond donors (Lipinski definition) is 1. The second kappa shape index (κ2) is 4.42. The van der Waals surface area contributed by atoms with Crippen LogP contribution in [0.2, 0.25) is 0 Å². The molecule has 78 valence electrons. The summed E-state index contributed by atoms with van der Waals surface area (Å²) in [4.78, 5) is 0. The molecule has 1 rings (SSSR count). The third-order valence-corrected chi connectivity index (χ3v) is 4.42. The summed E-state index contributed by atoms with van der Waals surface area (Å²) in [6.07, 6.45) is 2.87. The van der Waals surface area contributed by atoms with Crippen LogP contribution in [-0.4, -0.2) is 32.0 Å². The van der Waals surface area contributed by atoms with Crippen LogP contribution >= 0.6 is 0 Å². The van der Waals surface area contributed by atoms with Gasteiger partial charge in [-0.25, -0.2) is 8.42 Å². The van der Waals surface area contributed by atoms with Crippen molar-refractivity contribution in [1.29, 1.82) is 0 Å². The zero-order valence-corrected chi connectivity index (χ0v) is 9.23. The highest BCUT2D eigenvalue weighted by atomic mass is 32.2. The normalized spacial score (nSPS) is 29.8. The third kappa shape index (κ3) is 3.65. The van der Waals surface area contributed by atoms with Crippen LogP contribution in [0.3, 0.4) is 0 Å². The first-order valence-corrected chi connectivity index (χ1v) is 6.82. The summed E-state index contributed by atoms with van der Waals surface area (Å²) in [6.45, 7) is 4.20. The van der Waals surface area contributed by atoms with Gasteiger partial charge in [0.1, 0.15) is 0 Å². The Morgan fingerprint density at radius 1 is 1.54 bits per heavy atom. The highest BCUT2D eigenvalue weighted by Gasteiger charge is 2.24. The van der Waals surface area contributed by atoms with Gasteiger partial charge in [-0.05, 0) is 26.2 Å². The summed E-state index contributed by atoms with van der Waals surface area (Å²) in [5.41, 5.74) is 0. The predicted molar refractivity (Wildman–Crippen MR) is 54.6 cm³/mol. The van der Waals surface area contributed by atoms with Gasteiger partial charge >= 0.3 is 0 Å². The summed E-state index contributed by atoms with van der Waals surface area (Å²) in [5, 5.41) is 3.34. The number of hydrogen-bond acceptors (Lipinski definition) is 3. The molecule has 13 heavy (non-hydrogen) atoms. The van der Waals surface area contributed by atoms with Gasteiger partial charge in [-0.15, -0.1) is 0 Å². The van der Waals surface area contributed by atoms with Crippen LogP contribution in [0.25, 0.3) is 0 Å². The van der Waals surface area contributed by atoms with Crippen LogP contribution in [0.4, 0.5) is 0 Å². The van der Waals surface area contributed by atoms with E-state index in [-0.39, 0.29) is 6.04 Å². The predicted octanol–water partition coefficient (Wildman–Crippen LogP) is 0.952. The molecule has 0 aliphatic carbocycles. The van der Waals surface area contributed by atoms with E-state index in [1.165, 1.54) is 0 Å². The topological polar surface area (TPSA) is 46.2 Å². The quantitative estimate of drug-likeness (QED) is 0.746. The van der Waals surface area contributed by atoms with Gasteiger partial charge < -0.3 is 5.32 Å². The molecule has 1 aliphatic rings. The number of rotatable bonds is 3. The minimum absolute atomic E-state index is 0.189. The number of nitrogens with one attached hydrogen (secondary N) is 1. The van der Waals surface area contributed by atoms with Crippen LogP contribution < -0.4 is 5.32 Å². The maximum absolute atomic E-state index is 11.3. The van der Waals surface area contributed by atoms with E-state index in [4.69, 9.17) is 0 Å². The molecule has 0 amide bonds. The van der Waals surface area contributed by atoms with Crippen molar-refractivity contribution in [2.75, 3.05) is 11.5 Å². The Kier molecular flexibility index (Phi) is 3.74. The molecule has 0 aromatic rings. The lowest BCUT2D eigenvalue weighted by atomic mass is 10.1. The molecule has 1 aliphatic heterocycles. The highest BCUT2D eigenvalue weighted by molar-refractivity contribution is 7.91. The van der Waals surface area contributed by atoms with Crippen LogP contribution in [0, 0.1) is 0 Å². The largest absolute Gasteiger partial charge is 0.311 e. The Morgan fingerprint density at radius 3 is 2.77 bits per heavy atom. The lowest BCUT2D eigenvalue weighted by molar-refractivity contribution is 0.423. The molecular formula is C9H19NO2S. The van der Waals surface area contributed by atoms with Crippen molar-refractivity contribution < 1.29 is 8.42 Å². The van der Waals surface area contributed by atoms with E-state index >= 15 is 0 Å². The summed E-state index contributed by atoms with van der Waals surface area (Å²) >= 11 is 0. The van der Waals surface area contributed by atoms with Gasteiger partial charge in [0, 0.05) is 12.1 Å². The lowest BCUT2D eigenvalue weighted by Crippen LogP contribution is -2.44. The molecule has 0 aromatic heterocycles. The lowest BCUT2D eigenvalue weighted by Gasteiger charge is -2.25. The molecule has 0 spiro atoms. The third-order valence-electron chi connectivity index (χ3n) is 2.60. The Balaban J connectivity index is 2.43. The first kappa shape index (κ1) is 11.0. The Hall–Kier alpha value is -0.0900. The first-order valence-electron chi connectivity index (χ1n) is 5.00. The maximum Gasteiger partial charge on any atom is 0.151 e. The van der Waals surface area contributed by atoms with Crippen molar-refractivity contribution in [1.82, 2.24) is 5.32 Å². The van der Waals surface area contributed by atoms with E-state index in [1.807, 2.05) is 0 Å². The van der Waals surface area contributed by atoms with E-state index in [1.54, 1.807) is 0 Å². The summed E-state index contributed by atoms with van der Waals surface area (Å²) < 4.78 is 22.6. The molecule has 2 unspecified atom stereocenters. The van der Waals surface area contributed by atoms with E-state index in [9.17, 15) is 8.42 Å². The molecule has 1 heterocycles. The Labute approximate surface area is 80.8 Å². The van der Waals surface area contributed by atoms with E-state index in [0.717, 1.165) is 19.3 Å². The molecule has 1 fully saturated rings. The van der Waals surface area contributed by atoms with Crippen molar-refractivity contribution in [3.05, 3.63) is 0 Å². The molecule has 0 bridgehead atoms. The van der Waals surface area contributed by atoms with Crippen LogP contribution in [-0.2, 0) is 9.84 Å². The SMILES string of the molecule is CCC(C)NC1CCCS(=O)(=O)C1. The second-order valence-corrected chi connectivity index (χ2v) is 6.16. The van der Waals surface area contributed by atoms with E-state index < -0.39 is 9.84 Å². The van der Waals surface area contributed by atoms with Crippen molar-refractivity contribution in [2.24, 2.45) is 0 Å². The molecule has 1 saturated heterocycles. The summed E-state index contributed by atoms with van der Waals surface area (Å²) in [6, 6.07) is 0.618. The standard InChI is InChI=1S/C9H19NO2S/c1-3-8(2)10-9-5-4-6-13(11,12)7-9/h8-10H,3-7H2,1-2H3. The molecule has 0 radical (unpaired) electrons. The van der Waals surface area contributed by atoms with Gasteiger partial charge in [0.25, 0.3) is 0 Å². The van der Waals surface area contributed by atoms with Crippen LogP contribution in [0.15, 0.2) is 0 Å². The van der Waals surface area contributed by atoms with Gasteiger partial charge in [0.2, 0.25) is 0 Å². The minimum Gasteiger partial charge on any atom is -0.311 e. The van der Waals surface area contributed by atoms with Gasteiger partial charge in [-0.1, -0.05) is 6.92 Å². The summed E-state index contributed by atoms with van der Waals surface area (Å²) in [7, 11) is -2.75. The maximum atomic E-state index is 11.3. The molecular weight excluding hydrogens is 186 g/mol. The fourth-order valence-electron chi connectivity index (χ4n) is 1.67. The highest BCUT2D eigenvalue weighted by Crippen LogP contribution is 2.12.